The average molecular weight is 268 g/mol. The summed E-state index contributed by atoms with van der Waals surface area (Å²) >= 11 is 0. The quantitative estimate of drug-likeness (QED) is 0.412. The van der Waals surface area contributed by atoms with Crippen molar-refractivity contribution in [2.45, 2.75) is 26.4 Å². The second kappa shape index (κ2) is 8.50. The van der Waals surface area contributed by atoms with Crippen LogP contribution in [0, 0.1) is 0 Å². The highest BCUT2D eigenvalue weighted by atomic mass is 17.2. The van der Waals surface area contributed by atoms with Crippen molar-refractivity contribution in [3.8, 4) is 5.75 Å². The van der Waals surface area contributed by atoms with Gasteiger partial charge < -0.3 is 9.47 Å². The largest absolute Gasteiger partial charge is 0.494 e. The van der Waals surface area contributed by atoms with Crippen molar-refractivity contribution in [1.29, 1.82) is 0 Å². The molecule has 0 fully saturated rings. The van der Waals surface area contributed by atoms with Crippen molar-refractivity contribution in [2.75, 3.05) is 20.3 Å². The topological polar surface area (TPSA) is 54.0 Å². The SMILES string of the molecule is CCOc1ccc(C(=O)OOCCC(C)OC)cc1. The molecule has 0 saturated carbocycles. The Labute approximate surface area is 113 Å². The van der Waals surface area contributed by atoms with E-state index in [4.69, 9.17) is 14.4 Å². The lowest BCUT2D eigenvalue weighted by molar-refractivity contribution is -0.244. The van der Waals surface area contributed by atoms with Crippen LogP contribution < -0.4 is 4.74 Å². The van der Waals surface area contributed by atoms with Crippen LogP contribution in [0.5, 0.6) is 5.75 Å². The van der Waals surface area contributed by atoms with Crippen molar-refractivity contribution < 1.29 is 24.0 Å². The smallest absolute Gasteiger partial charge is 0.373 e. The van der Waals surface area contributed by atoms with Gasteiger partial charge in [-0.2, -0.15) is 4.89 Å². The molecule has 0 N–H and O–H groups in total. The van der Waals surface area contributed by atoms with E-state index in [1.807, 2.05) is 13.8 Å². The number of rotatable bonds is 8. The monoisotopic (exact) mass is 268 g/mol. The van der Waals surface area contributed by atoms with Crippen LogP contribution in [-0.2, 0) is 14.5 Å². The van der Waals surface area contributed by atoms with E-state index >= 15 is 0 Å². The molecule has 0 radical (unpaired) electrons. The van der Waals surface area contributed by atoms with Gasteiger partial charge in [-0.1, -0.05) is 0 Å². The highest BCUT2D eigenvalue weighted by Crippen LogP contribution is 2.13. The van der Waals surface area contributed by atoms with Gasteiger partial charge in [-0.15, -0.1) is 0 Å². The van der Waals surface area contributed by atoms with E-state index in [2.05, 4.69) is 4.89 Å². The molecule has 106 valence electrons. The Morgan fingerprint density at radius 1 is 1.26 bits per heavy atom. The Hall–Kier alpha value is -1.59. The third-order valence-electron chi connectivity index (χ3n) is 2.55. The Kier molecular flexibility index (Phi) is 6.92. The maximum atomic E-state index is 11.6. The zero-order valence-electron chi connectivity index (χ0n) is 11.5. The van der Waals surface area contributed by atoms with Gasteiger partial charge in [0.15, 0.2) is 0 Å². The fourth-order valence-corrected chi connectivity index (χ4v) is 1.33. The zero-order chi connectivity index (χ0) is 14.1. The predicted octanol–water partition coefficient (Wildman–Crippen LogP) is 2.60. The van der Waals surface area contributed by atoms with Crippen LogP contribution in [-0.4, -0.2) is 32.4 Å². The molecule has 19 heavy (non-hydrogen) atoms. The normalized spacial score (nSPS) is 11.9. The first-order valence-corrected chi connectivity index (χ1v) is 6.26. The molecule has 0 aliphatic carbocycles. The van der Waals surface area contributed by atoms with Crippen LogP contribution in [0.4, 0.5) is 0 Å². The van der Waals surface area contributed by atoms with E-state index in [0.717, 1.165) is 0 Å². The summed E-state index contributed by atoms with van der Waals surface area (Å²) in [6.45, 7) is 4.71. The zero-order valence-corrected chi connectivity index (χ0v) is 11.5. The fourth-order valence-electron chi connectivity index (χ4n) is 1.33. The highest BCUT2D eigenvalue weighted by molar-refractivity contribution is 5.89. The van der Waals surface area contributed by atoms with Gasteiger partial charge in [0.1, 0.15) is 5.75 Å². The summed E-state index contributed by atoms with van der Waals surface area (Å²) in [5.41, 5.74) is 0.420. The van der Waals surface area contributed by atoms with Crippen LogP contribution in [0.1, 0.15) is 30.6 Å². The molecule has 0 amide bonds. The lowest BCUT2D eigenvalue weighted by atomic mass is 10.2. The molecule has 0 heterocycles. The van der Waals surface area contributed by atoms with Crippen LogP contribution in [0.2, 0.25) is 0 Å². The summed E-state index contributed by atoms with van der Waals surface area (Å²) in [5.74, 6) is 0.196. The van der Waals surface area contributed by atoms with Gasteiger partial charge in [-0.05, 0) is 38.1 Å². The molecule has 1 aromatic carbocycles. The molecular weight excluding hydrogens is 248 g/mol. The molecule has 5 nitrogen and oxygen atoms in total. The summed E-state index contributed by atoms with van der Waals surface area (Å²) in [4.78, 5) is 21.1. The highest BCUT2D eigenvalue weighted by Gasteiger charge is 2.09. The minimum atomic E-state index is -0.520. The lowest BCUT2D eigenvalue weighted by Crippen LogP contribution is -2.12. The van der Waals surface area contributed by atoms with Crippen molar-refractivity contribution in [3.05, 3.63) is 29.8 Å². The summed E-state index contributed by atoms with van der Waals surface area (Å²) < 4.78 is 10.3. The number of hydrogen-bond donors (Lipinski definition) is 0. The number of ether oxygens (including phenoxy) is 2. The van der Waals surface area contributed by atoms with Gasteiger partial charge in [0, 0.05) is 13.5 Å². The lowest BCUT2D eigenvalue weighted by Gasteiger charge is -2.08. The Morgan fingerprint density at radius 3 is 2.53 bits per heavy atom. The maximum Gasteiger partial charge on any atom is 0.373 e. The summed E-state index contributed by atoms with van der Waals surface area (Å²) in [7, 11) is 1.62. The molecule has 1 aromatic rings. The van der Waals surface area contributed by atoms with E-state index < -0.39 is 5.97 Å². The number of methoxy groups -OCH3 is 1. The second-order valence-corrected chi connectivity index (χ2v) is 3.99. The molecule has 5 heteroatoms. The van der Waals surface area contributed by atoms with Crippen LogP contribution in [0.25, 0.3) is 0 Å². The molecule has 1 unspecified atom stereocenters. The van der Waals surface area contributed by atoms with E-state index in [1.54, 1.807) is 31.4 Å². The predicted molar refractivity (Wildman–Crippen MR) is 70.1 cm³/mol. The van der Waals surface area contributed by atoms with Crippen LogP contribution in [0.15, 0.2) is 24.3 Å². The molecule has 1 atom stereocenters. The van der Waals surface area contributed by atoms with Crippen LogP contribution in [0.3, 0.4) is 0 Å². The van der Waals surface area contributed by atoms with Crippen molar-refractivity contribution in [2.24, 2.45) is 0 Å². The number of hydrogen-bond acceptors (Lipinski definition) is 5. The van der Waals surface area contributed by atoms with Crippen molar-refractivity contribution in [1.82, 2.24) is 0 Å². The average Bonchev–Trinajstić information content (AvgIpc) is 2.44. The molecular formula is C14H20O5. The van der Waals surface area contributed by atoms with E-state index in [1.165, 1.54) is 0 Å². The Bertz CT molecular complexity index is 374. The molecule has 0 aliphatic heterocycles. The summed E-state index contributed by atoms with van der Waals surface area (Å²) in [5, 5.41) is 0. The summed E-state index contributed by atoms with van der Waals surface area (Å²) in [6.07, 6.45) is 0.733. The molecule has 0 spiro atoms. The van der Waals surface area contributed by atoms with E-state index in [9.17, 15) is 4.79 Å². The van der Waals surface area contributed by atoms with Gasteiger partial charge in [0.2, 0.25) is 0 Å². The molecule has 0 aromatic heterocycles. The van der Waals surface area contributed by atoms with Gasteiger partial charge in [-0.3, -0.25) is 4.89 Å². The fraction of sp³-hybridized carbons (Fsp3) is 0.500. The molecule has 1 rings (SSSR count). The van der Waals surface area contributed by atoms with E-state index in [-0.39, 0.29) is 6.10 Å². The maximum absolute atomic E-state index is 11.6. The molecule has 0 saturated heterocycles. The first kappa shape index (κ1) is 15.5. The molecule has 0 bridgehead atoms. The van der Waals surface area contributed by atoms with Crippen molar-refractivity contribution in [3.63, 3.8) is 0 Å². The van der Waals surface area contributed by atoms with Gasteiger partial charge >= 0.3 is 5.97 Å². The van der Waals surface area contributed by atoms with Gasteiger partial charge in [0.25, 0.3) is 0 Å². The number of benzene rings is 1. The number of carbonyl (C=O) groups excluding carboxylic acids is 1. The first-order chi connectivity index (χ1) is 9.17. The van der Waals surface area contributed by atoms with E-state index in [0.29, 0.717) is 30.9 Å². The first-order valence-electron chi connectivity index (χ1n) is 6.26. The van der Waals surface area contributed by atoms with Crippen molar-refractivity contribution >= 4 is 5.97 Å². The third kappa shape index (κ3) is 5.72. The Morgan fingerprint density at radius 2 is 1.95 bits per heavy atom. The number of carbonyl (C=O) groups is 1. The van der Waals surface area contributed by atoms with Gasteiger partial charge in [-0.25, -0.2) is 4.79 Å². The van der Waals surface area contributed by atoms with Gasteiger partial charge in [0.05, 0.1) is 24.9 Å². The minimum absolute atomic E-state index is 0.0733. The third-order valence-corrected chi connectivity index (χ3v) is 2.55. The standard InChI is InChI=1S/C14H20O5/c1-4-17-13-7-5-12(6-8-13)14(15)19-18-10-9-11(2)16-3/h5-8,11H,4,9-10H2,1-3H3. The minimum Gasteiger partial charge on any atom is -0.494 e. The summed E-state index contributed by atoms with van der Waals surface area (Å²) in [6, 6.07) is 6.70. The Balaban J connectivity index is 2.33. The molecule has 0 aliphatic rings. The van der Waals surface area contributed by atoms with Crippen LogP contribution >= 0.6 is 0 Å². The second-order valence-electron chi connectivity index (χ2n) is 3.99.